The molecule has 0 unspecified atom stereocenters. The highest BCUT2D eigenvalue weighted by Gasteiger charge is 2.15. The van der Waals surface area contributed by atoms with E-state index in [9.17, 15) is 14.9 Å². The molecule has 2 rings (SSSR count). The summed E-state index contributed by atoms with van der Waals surface area (Å²) in [4.78, 5) is 23.0. The molecule has 0 heterocycles. The van der Waals surface area contributed by atoms with Crippen LogP contribution in [0.4, 0.5) is 5.69 Å². The van der Waals surface area contributed by atoms with E-state index in [0.29, 0.717) is 11.3 Å². The summed E-state index contributed by atoms with van der Waals surface area (Å²) in [6.07, 6.45) is 1.35. The highest BCUT2D eigenvalue weighted by molar-refractivity contribution is 6.32. The van der Waals surface area contributed by atoms with Crippen LogP contribution in [-0.2, 0) is 9.59 Å². The van der Waals surface area contributed by atoms with Crippen molar-refractivity contribution in [1.29, 1.82) is 5.26 Å². The van der Waals surface area contributed by atoms with Crippen LogP contribution in [0.3, 0.4) is 0 Å². The van der Waals surface area contributed by atoms with Crippen LogP contribution in [0.5, 0.6) is 11.5 Å². The molecule has 0 aromatic heterocycles. The predicted octanol–water partition coefficient (Wildman–Crippen LogP) is 3.67. The lowest BCUT2D eigenvalue weighted by atomic mass is 10.1. The lowest BCUT2D eigenvalue weighted by Crippen LogP contribution is -2.13. The summed E-state index contributed by atoms with van der Waals surface area (Å²) in [5.41, 5.74) is 1.88. The van der Waals surface area contributed by atoms with Crippen molar-refractivity contribution >= 4 is 35.2 Å². The molecule has 0 aliphatic carbocycles. The van der Waals surface area contributed by atoms with Crippen molar-refractivity contribution in [1.82, 2.24) is 0 Å². The molecule has 0 aliphatic rings. The molecule has 1 amide bonds. The second-order valence-electron chi connectivity index (χ2n) is 5.71. The van der Waals surface area contributed by atoms with Gasteiger partial charge in [0.15, 0.2) is 18.1 Å². The molecule has 2 aromatic rings. The molecule has 2 N–H and O–H groups in total. The third kappa shape index (κ3) is 5.50. The quantitative estimate of drug-likeness (QED) is 0.542. The van der Waals surface area contributed by atoms with Gasteiger partial charge in [0.25, 0.3) is 5.91 Å². The fourth-order valence-corrected chi connectivity index (χ4v) is 2.52. The van der Waals surface area contributed by atoms with Crippen LogP contribution >= 0.6 is 11.6 Å². The number of carboxylic acids is 1. The molecular formula is C20H17ClN2O5. The minimum absolute atomic E-state index is 0.0614. The fraction of sp³-hybridized carbons (Fsp3) is 0.150. The zero-order chi connectivity index (χ0) is 20.7. The molecule has 0 spiro atoms. The summed E-state index contributed by atoms with van der Waals surface area (Å²) in [6.45, 7) is 1.33. The molecule has 7 nitrogen and oxygen atoms in total. The van der Waals surface area contributed by atoms with Crippen molar-refractivity contribution in [3.05, 3.63) is 58.1 Å². The number of carbonyl (C=O) groups excluding carboxylic acids is 1. The van der Waals surface area contributed by atoms with Gasteiger partial charge in [-0.15, -0.1) is 0 Å². The van der Waals surface area contributed by atoms with Gasteiger partial charge in [0, 0.05) is 5.69 Å². The summed E-state index contributed by atoms with van der Waals surface area (Å²) in [6, 6.07) is 11.9. The third-order valence-corrected chi connectivity index (χ3v) is 3.86. The van der Waals surface area contributed by atoms with Gasteiger partial charge in [0.1, 0.15) is 11.6 Å². The first-order valence-electron chi connectivity index (χ1n) is 8.06. The molecule has 0 saturated carbocycles. The van der Waals surface area contributed by atoms with Crippen molar-refractivity contribution in [3.8, 4) is 17.6 Å². The van der Waals surface area contributed by atoms with Crippen molar-refractivity contribution in [2.75, 3.05) is 19.0 Å². The summed E-state index contributed by atoms with van der Waals surface area (Å²) in [5.74, 6) is -1.50. The highest BCUT2D eigenvalue weighted by Crippen LogP contribution is 2.37. The van der Waals surface area contributed by atoms with Crippen LogP contribution in [-0.4, -0.2) is 30.7 Å². The number of nitrogens with zero attached hydrogens (tertiary/aromatic N) is 1. The average Bonchev–Trinajstić information content (AvgIpc) is 2.66. The van der Waals surface area contributed by atoms with E-state index in [-0.39, 0.29) is 22.1 Å². The Bertz CT molecular complexity index is 962. The molecule has 0 fully saturated rings. The summed E-state index contributed by atoms with van der Waals surface area (Å²) in [5, 5.41) is 20.8. The Kier molecular flexibility index (Phi) is 7.02. The molecule has 144 valence electrons. The Morgan fingerprint density at radius 3 is 2.54 bits per heavy atom. The van der Waals surface area contributed by atoms with Gasteiger partial charge in [-0.25, -0.2) is 4.79 Å². The minimum atomic E-state index is -1.17. The van der Waals surface area contributed by atoms with Crippen LogP contribution < -0.4 is 14.8 Å². The van der Waals surface area contributed by atoms with E-state index < -0.39 is 18.5 Å². The molecule has 0 atom stereocenters. The van der Waals surface area contributed by atoms with Gasteiger partial charge in [-0.1, -0.05) is 29.3 Å². The number of carboxylic acid groups (broad SMARTS) is 1. The third-order valence-electron chi connectivity index (χ3n) is 3.58. The van der Waals surface area contributed by atoms with E-state index in [4.69, 9.17) is 26.2 Å². The summed E-state index contributed by atoms with van der Waals surface area (Å²) < 4.78 is 10.3. The van der Waals surface area contributed by atoms with E-state index in [1.807, 2.05) is 25.1 Å². The van der Waals surface area contributed by atoms with Gasteiger partial charge >= 0.3 is 5.97 Å². The topological polar surface area (TPSA) is 109 Å². The van der Waals surface area contributed by atoms with E-state index in [0.717, 1.165) is 5.56 Å². The number of aliphatic carboxylic acids is 1. The maximum atomic E-state index is 12.4. The minimum Gasteiger partial charge on any atom is -0.493 e. The Labute approximate surface area is 166 Å². The molecule has 8 heteroatoms. The summed E-state index contributed by atoms with van der Waals surface area (Å²) >= 11 is 6.14. The largest absolute Gasteiger partial charge is 0.493 e. The van der Waals surface area contributed by atoms with Gasteiger partial charge in [0.2, 0.25) is 0 Å². The van der Waals surface area contributed by atoms with Crippen molar-refractivity contribution in [3.63, 3.8) is 0 Å². The first-order valence-corrected chi connectivity index (χ1v) is 8.43. The lowest BCUT2D eigenvalue weighted by Gasteiger charge is -2.12. The Morgan fingerprint density at radius 1 is 1.29 bits per heavy atom. The van der Waals surface area contributed by atoms with Crippen LogP contribution in [0.15, 0.2) is 42.0 Å². The smallest absolute Gasteiger partial charge is 0.341 e. The fourth-order valence-electron chi connectivity index (χ4n) is 2.25. The van der Waals surface area contributed by atoms with Crippen molar-refractivity contribution in [2.45, 2.75) is 6.92 Å². The molecule has 2 aromatic carbocycles. The van der Waals surface area contributed by atoms with Crippen LogP contribution in [0.1, 0.15) is 11.1 Å². The van der Waals surface area contributed by atoms with Crippen LogP contribution in [0, 0.1) is 18.3 Å². The molecular weight excluding hydrogens is 384 g/mol. The second-order valence-corrected chi connectivity index (χ2v) is 6.11. The lowest BCUT2D eigenvalue weighted by molar-refractivity contribution is -0.139. The number of rotatable bonds is 7. The van der Waals surface area contributed by atoms with Crippen molar-refractivity contribution in [2.24, 2.45) is 0 Å². The van der Waals surface area contributed by atoms with Gasteiger partial charge in [-0.05, 0) is 42.8 Å². The monoisotopic (exact) mass is 400 g/mol. The number of nitriles is 1. The number of carbonyl (C=O) groups is 2. The van der Waals surface area contributed by atoms with E-state index in [1.165, 1.54) is 25.3 Å². The van der Waals surface area contributed by atoms with E-state index in [1.54, 1.807) is 12.1 Å². The second kappa shape index (κ2) is 9.44. The number of amides is 1. The molecule has 0 radical (unpaired) electrons. The maximum absolute atomic E-state index is 12.4. The number of hydrogen-bond donors (Lipinski definition) is 2. The number of halogens is 1. The Balaban J connectivity index is 2.28. The maximum Gasteiger partial charge on any atom is 0.341 e. The first-order chi connectivity index (χ1) is 13.3. The number of anilines is 1. The number of nitrogens with one attached hydrogen (secondary N) is 1. The predicted molar refractivity (Wildman–Crippen MR) is 105 cm³/mol. The number of benzene rings is 2. The Hall–Kier alpha value is -3.50. The SMILES string of the molecule is COc1cc(/C=C(\C#N)C(=O)Nc2ccc(C)cc2)cc(Cl)c1OCC(=O)O. The molecule has 0 saturated heterocycles. The summed E-state index contributed by atoms with van der Waals surface area (Å²) in [7, 11) is 1.36. The number of ether oxygens (including phenoxy) is 2. The molecule has 28 heavy (non-hydrogen) atoms. The number of hydrogen-bond acceptors (Lipinski definition) is 5. The molecule has 0 aliphatic heterocycles. The number of methoxy groups -OCH3 is 1. The standard InChI is InChI=1S/C20H17ClN2O5/c1-12-3-5-15(6-4-12)23-20(26)14(10-22)7-13-8-16(21)19(17(9-13)27-2)28-11-18(24)25/h3-9H,11H2,1-2H3,(H,23,26)(H,24,25)/b14-7+. The van der Waals surface area contributed by atoms with Crippen LogP contribution in [0.25, 0.3) is 6.08 Å². The normalized spacial score (nSPS) is 10.7. The average molecular weight is 401 g/mol. The molecule has 0 bridgehead atoms. The van der Waals surface area contributed by atoms with E-state index in [2.05, 4.69) is 5.32 Å². The Morgan fingerprint density at radius 2 is 1.96 bits per heavy atom. The van der Waals surface area contributed by atoms with Gasteiger partial charge in [-0.2, -0.15) is 5.26 Å². The van der Waals surface area contributed by atoms with Gasteiger partial charge in [-0.3, -0.25) is 4.79 Å². The van der Waals surface area contributed by atoms with Gasteiger partial charge < -0.3 is 19.9 Å². The van der Waals surface area contributed by atoms with Crippen LogP contribution in [0.2, 0.25) is 5.02 Å². The van der Waals surface area contributed by atoms with Crippen molar-refractivity contribution < 1.29 is 24.2 Å². The zero-order valence-corrected chi connectivity index (χ0v) is 15.9. The van der Waals surface area contributed by atoms with E-state index >= 15 is 0 Å². The highest BCUT2D eigenvalue weighted by atomic mass is 35.5. The number of aryl methyl sites for hydroxylation is 1. The van der Waals surface area contributed by atoms with Gasteiger partial charge in [0.05, 0.1) is 12.1 Å². The zero-order valence-electron chi connectivity index (χ0n) is 15.2. The first kappa shape index (κ1) is 20.8.